The summed E-state index contributed by atoms with van der Waals surface area (Å²) in [4.78, 5) is 25.8. The number of hydrogen-bond acceptors (Lipinski definition) is 8. The van der Waals surface area contributed by atoms with E-state index in [1.165, 1.54) is 13.8 Å². The lowest BCUT2D eigenvalue weighted by molar-refractivity contribution is -0.252. The van der Waals surface area contributed by atoms with Crippen molar-refractivity contribution >= 4 is 17.6 Å². The highest BCUT2D eigenvalue weighted by molar-refractivity contribution is 5.95. The molecule has 1 amide bonds. The maximum absolute atomic E-state index is 12.4. The maximum atomic E-state index is 12.4. The number of β-amino-alcohol motifs (C(OH)–C–C–N with tert-alkyl or cyclic N) is 1. The monoisotopic (exact) mass is 498 g/mol. The predicted molar refractivity (Wildman–Crippen MR) is 132 cm³/mol. The van der Waals surface area contributed by atoms with E-state index in [1.807, 2.05) is 30.3 Å². The van der Waals surface area contributed by atoms with E-state index < -0.39 is 24.3 Å². The van der Waals surface area contributed by atoms with Gasteiger partial charge in [-0.15, -0.1) is 0 Å². The molecule has 2 heterocycles. The molecular weight excluding hydrogens is 464 g/mol. The first-order valence-electron chi connectivity index (χ1n) is 12.3. The minimum absolute atomic E-state index is 0.0218. The van der Waals surface area contributed by atoms with E-state index in [1.54, 1.807) is 18.2 Å². The zero-order valence-corrected chi connectivity index (χ0v) is 20.6. The number of hydrogen-bond donors (Lipinski definition) is 3. The van der Waals surface area contributed by atoms with Crippen LogP contribution < -0.4 is 5.32 Å². The smallest absolute Gasteiger partial charge is 0.303 e. The van der Waals surface area contributed by atoms with Crippen LogP contribution in [0, 0.1) is 0 Å². The summed E-state index contributed by atoms with van der Waals surface area (Å²) < 4.78 is 17.7. The molecule has 0 saturated carbocycles. The van der Waals surface area contributed by atoms with Crippen molar-refractivity contribution in [1.29, 1.82) is 0 Å². The van der Waals surface area contributed by atoms with Crippen LogP contribution in [0.2, 0.25) is 0 Å². The fraction of sp³-hybridized carbons (Fsp3) is 0.481. The molecule has 0 radical (unpaired) electrons. The van der Waals surface area contributed by atoms with Crippen LogP contribution in [0.1, 0.15) is 55.8 Å². The number of amides is 1. The van der Waals surface area contributed by atoms with Gasteiger partial charge in [0.2, 0.25) is 0 Å². The average Bonchev–Trinajstić information content (AvgIpc) is 3.27. The van der Waals surface area contributed by atoms with Crippen molar-refractivity contribution in [3.63, 3.8) is 0 Å². The Morgan fingerprint density at radius 1 is 1.17 bits per heavy atom. The molecule has 2 saturated heterocycles. The molecule has 2 aromatic carbocycles. The van der Waals surface area contributed by atoms with E-state index in [-0.39, 0.29) is 24.9 Å². The van der Waals surface area contributed by atoms with Gasteiger partial charge in [-0.3, -0.25) is 14.5 Å². The van der Waals surface area contributed by atoms with E-state index in [9.17, 15) is 19.8 Å². The number of carbonyl (C=O) groups excluding carboxylic acids is 2. The van der Waals surface area contributed by atoms with Gasteiger partial charge in [0.25, 0.3) is 5.91 Å². The van der Waals surface area contributed by atoms with Gasteiger partial charge in [0, 0.05) is 44.2 Å². The number of benzene rings is 2. The van der Waals surface area contributed by atoms with Gasteiger partial charge in [0.15, 0.2) is 12.4 Å². The molecule has 0 spiro atoms. The van der Waals surface area contributed by atoms with Gasteiger partial charge in [-0.2, -0.15) is 0 Å². The van der Waals surface area contributed by atoms with Gasteiger partial charge in [-0.05, 0) is 36.6 Å². The maximum Gasteiger partial charge on any atom is 0.303 e. The molecule has 2 aromatic rings. The van der Waals surface area contributed by atoms with Crippen LogP contribution in [0.15, 0.2) is 48.5 Å². The van der Waals surface area contributed by atoms with Crippen molar-refractivity contribution in [2.45, 2.75) is 64.0 Å². The number of ether oxygens (including phenoxy) is 3. The number of aliphatic hydroxyl groups is 2. The number of esters is 1. The summed E-state index contributed by atoms with van der Waals surface area (Å²) in [5.41, 5.74) is 3.11. The van der Waals surface area contributed by atoms with Crippen molar-refractivity contribution in [3.8, 4) is 0 Å². The molecule has 9 nitrogen and oxygen atoms in total. The Balaban J connectivity index is 1.51. The highest BCUT2D eigenvalue weighted by Crippen LogP contribution is 2.39. The quantitative estimate of drug-likeness (QED) is 0.476. The molecule has 0 aliphatic carbocycles. The number of rotatable bonds is 8. The number of aliphatic hydroxyl groups excluding tert-OH is 2. The molecular formula is C27H34N2O7. The van der Waals surface area contributed by atoms with Crippen molar-refractivity contribution in [2.75, 3.05) is 25.0 Å². The predicted octanol–water partition coefficient (Wildman–Crippen LogP) is 2.68. The summed E-state index contributed by atoms with van der Waals surface area (Å²) in [5, 5.41) is 22.1. The summed E-state index contributed by atoms with van der Waals surface area (Å²) in [6.45, 7) is 4.88. The fourth-order valence-corrected chi connectivity index (χ4v) is 4.61. The Hall–Kier alpha value is -2.82. The van der Waals surface area contributed by atoms with Crippen LogP contribution in [-0.2, 0) is 30.4 Å². The Labute approximate surface area is 211 Å². The number of nitrogens with one attached hydrogen (secondary N) is 1. The van der Waals surface area contributed by atoms with Gasteiger partial charge >= 0.3 is 5.97 Å². The van der Waals surface area contributed by atoms with Crippen molar-refractivity contribution in [1.82, 2.24) is 4.90 Å². The number of carbonyl (C=O) groups is 2. The summed E-state index contributed by atoms with van der Waals surface area (Å²) in [7, 11) is 0. The van der Waals surface area contributed by atoms with Crippen molar-refractivity contribution in [2.24, 2.45) is 0 Å². The SMILES string of the molecule is CC(=O)OC(C)C(=O)Nc1cccc(C2OC(CN3CCC(O)C3)CC(c3ccc(CO)cc3)O2)c1. The van der Waals surface area contributed by atoms with Crippen LogP contribution in [0.25, 0.3) is 0 Å². The first kappa shape index (κ1) is 26.2. The molecule has 3 N–H and O–H groups in total. The highest BCUT2D eigenvalue weighted by atomic mass is 16.7. The van der Waals surface area contributed by atoms with Gasteiger partial charge in [-0.1, -0.05) is 36.4 Å². The lowest BCUT2D eigenvalue weighted by atomic mass is 9.99. The van der Waals surface area contributed by atoms with E-state index >= 15 is 0 Å². The molecule has 194 valence electrons. The molecule has 2 aliphatic rings. The Morgan fingerprint density at radius 3 is 2.61 bits per heavy atom. The highest BCUT2D eigenvalue weighted by Gasteiger charge is 2.34. The summed E-state index contributed by atoms with van der Waals surface area (Å²) in [6.07, 6.45) is -0.835. The molecule has 36 heavy (non-hydrogen) atoms. The van der Waals surface area contributed by atoms with Crippen LogP contribution in [0.5, 0.6) is 0 Å². The van der Waals surface area contributed by atoms with Gasteiger partial charge in [0.05, 0.1) is 24.9 Å². The summed E-state index contributed by atoms with van der Waals surface area (Å²) >= 11 is 0. The summed E-state index contributed by atoms with van der Waals surface area (Å²) in [6, 6.07) is 14.9. The second kappa shape index (κ2) is 11.9. The third-order valence-corrected chi connectivity index (χ3v) is 6.46. The Morgan fingerprint density at radius 2 is 1.94 bits per heavy atom. The van der Waals surface area contributed by atoms with E-state index in [0.717, 1.165) is 29.7 Å². The average molecular weight is 499 g/mol. The van der Waals surface area contributed by atoms with Crippen molar-refractivity contribution < 1.29 is 34.0 Å². The minimum atomic E-state index is -0.917. The van der Waals surface area contributed by atoms with Crippen LogP contribution >= 0.6 is 0 Å². The molecule has 5 unspecified atom stereocenters. The Bertz CT molecular complexity index is 1040. The Kier molecular flexibility index (Phi) is 8.71. The largest absolute Gasteiger partial charge is 0.453 e. The van der Waals surface area contributed by atoms with Crippen LogP contribution in [0.3, 0.4) is 0 Å². The lowest BCUT2D eigenvalue weighted by Gasteiger charge is -2.38. The molecule has 0 aromatic heterocycles. The van der Waals surface area contributed by atoms with Crippen LogP contribution in [0.4, 0.5) is 5.69 Å². The zero-order valence-electron chi connectivity index (χ0n) is 20.6. The number of nitrogens with zero attached hydrogens (tertiary/aromatic N) is 1. The van der Waals surface area contributed by atoms with Crippen molar-refractivity contribution in [3.05, 3.63) is 65.2 Å². The molecule has 2 aliphatic heterocycles. The standard InChI is InChI=1S/C27H34N2O7/c1-17(34-18(2)31)26(33)28-22-5-3-4-21(12-22)27-35-24(15-29-11-10-23(32)14-29)13-25(36-27)20-8-6-19(16-30)7-9-20/h3-9,12,17,23-25,27,30,32H,10-11,13-16H2,1-2H3,(H,28,33). The molecule has 5 atom stereocenters. The molecule has 2 fully saturated rings. The third-order valence-electron chi connectivity index (χ3n) is 6.46. The number of anilines is 1. The van der Waals surface area contributed by atoms with Gasteiger partial charge in [-0.25, -0.2) is 0 Å². The second-order valence-electron chi connectivity index (χ2n) is 9.42. The first-order chi connectivity index (χ1) is 17.3. The normalized spacial score (nSPS) is 25.3. The second-order valence-corrected chi connectivity index (χ2v) is 9.42. The van der Waals surface area contributed by atoms with Gasteiger partial charge in [0.1, 0.15) is 0 Å². The zero-order chi connectivity index (χ0) is 25.7. The lowest BCUT2D eigenvalue weighted by Crippen LogP contribution is -2.38. The molecule has 4 rings (SSSR count). The first-order valence-corrected chi connectivity index (χ1v) is 12.3. The molecule has 0 bridgehead atoms. The third kappa shape index (κ3) is 6.89. The topological polar surface area (TPSA) is 118 Å². The number of likely N-dealkylation sites (tertiary alicyclic amines) is 1. The van der Waals surface area contributed by atoms with E-state index in [2.05, 4.69) is 10.2 Å². The molecule has 9 heteroatoms. The fourth-order valence-electron chi connectivity index (χ4n) is 4.61. The minimum Gasteiger partial charge on any atom is -0.453 e. The van der Waals surface area contributed by atoms with Gasteiger partial charge < -0.3 is 29.7 Å². The van der Waals surface area contributed by atoms with Crippen LogP contribution in [-0.4, -0.2) is 64.9 Å². The van der Waals surface area contributed by atoms with E-state index in [0.29, 0.717) is 25.2 Å². The van der Waals surface area contributed by atoms with E-state index in [4.69, 9.17) is 14.2 Å². The summed E-state index contributed by atoms with van der Waals surface area (Å²) in [5.74, 6) is -0.954.